The summed E-state index contributed by atoms with van der Waals surface area (Å²) >= 11 is 5.85. The fourth-order valence-corrected chi connectivity index (χ4v) is 2.02. The van der Waals surface area contributed by atoms with Crippen LogP contribution >= 0.6 is 11.6 Å². The number of rotatable bonds is 3. The summed E-state index contributed by atoms with van der Waals surface area (Å²) in [4.78, 5) is 7.78. The summed E-state index contributed by atoms with van der Waals surface area (Å²) in [5, 5.41) is 1.11. The number of nitrogens with two attached hydrogens (primary N) is 1. The van der Waals surface area contributed by atoms with Crippen molar-refractivity contribution in [3.8, 4) is 5.88 Å². The van der Waals surface area contributed by atoms with E-state index < -0.39 is 18.3 Å². The Morgan fingerprint density at radius 2 is 1.86 bits per heavy atom. The highest BCUT2D eigenvalue weighted by molar-refractivity contribution is 6.30. The van der Waals surface area contributed by atoms with Crippen LogP contribution in [0.15, 0.2) is 18.5 Å². The second kappa shape index (κ2) is 5.31. The topological polar surface area (TPSA) is 61.0 Å². The molecule has 2 N–H and O–H groups in total. The number of nitrogens with zero attached hydrogens (tertiary/aromatic N) is 2. The highest BCUT2D eigenvalue weighted by atomic mass is 35.5. The molecule has 0 saturated heterocycles. The molecule has 0 radical (unpaired) electrons. The molecule has 2 rings (SSSR count). The zero-order valence-corrected chi connectivity index (χ0v) is 12.1. The summed E-state index contributed by atoms with van der Waals surface area (Å²) < 4.78 is 41.5. The first-order valence-corrected chi connectivity index (χ1v) is 6.39. The zero-order chi connectivity index (χ0) is 15.8. The molecule has 0 aromatic carbocycles. The molecule has 114 valence electrons. The molecule has 0 aliphatic rings. The molecule has 0 aliphatic heterocycles. The smallest absolute Gasteiger partial charge is 0.422 e. The molecule has 2 heterocycles. The second-order valence-corrected chi connectivity index (χ2v) is 5.54. The lowest BCUT2D eigenvalue weighted by atomic mass is 9.93. The molecule has 0 bridgehead atoms. The molecule has 0 spiro atoms. The van der Waals surface area contributed by atoms with E-state index in [-0.39, 0.29) is 11.0 Å². The van der Waals surface area contributed by atoms with Gasteiger partial charge in [0, 0.05) is 17.9 Å². The SMILES string of the molecule is CC(C)(N)c1cnc(OCC(F)(F)F)c2cnc(Cl)cc12. The second-order valence-electron chi connectivity index (χ2n) is 5.16. The summed E-state index contributed by atoms with van der Waals surface area (Å²) in [7, 11) is 0. The first-order chi connectivity index (χ1) is 9.58. The number of halogens is 4. The van der Waals surface area contributed by atoms with Gasteiger partial charge >= 0.3 is 6.18 Å². The lowest BCUT2D eigenvalue weighted by molar-refractivity contribution is -0.153. The van der Waals surface area contributed by atoms with Crippen LogP contribution in [-0.2, 0) is 5.54 Å². The molecule has 8 heteroatoms. The van der Waals surface area contributed by atoms with Gasteiger partial charge < -0.3 is 10.5 Å². The van der Waals surface area contributed by atoms with E-state index in [2.05, 4.69) is 9.97 Å². The van der Waals surface area contributed by atoms with Gasteiger partial charge in [-0.05, 0) is 30.9 Å². The molecule has 0 amide bonds. The number of pyridine rings is 2. The maximum absolute atomic E-state index is 12.3. The molecule has 0 aliphatic carbocycles. The Bertz CT molecular complexity index is 668. The first kappa shape index (κ1) is 15.8. The van der Waals surface area contributed by atoms with E-state index in [1.54, 1.807) is 13.8 Å². The number of hydrogen-bond donors (Lipinski definition) is 1. The Labute approximate surface area is 124 Å². The van der Waals surface area contributed by atoms with Gasteiger partial charge in [0.25, 0.3) is 0 Å². The predicted octanol–water partition coefficient (Wildman–Crippen LogP) is 3.42. The van der Waals surface area contributed by atoms with Gasteiger partial charge in [-0.15, -0.1) is 0 Å². The van der Waals surface area contributed by atoms with Gasteiger partial charge in [0.1, 0.15) is 5.15 Å². The van der Waals surface area contributed by atoms with Crippen molar-refractivity contribution in [2.75, 3.05) is 6.61 Å². The van der Waals surface area contributed by atoms with E-state index in [0.29, 0.717) is 16.3 Å². The molecule has 0 atom stereocenters. The van der Waals surface area contributed by atoms with Crippen LogP contribution < -0.4 is 10.5 Å². The van der Waals surface area contributed by atoms with Crippen molar-refractivity contribution < 1.29 is 17.9 Å². The number of alkyl halides is 3. The van der Waals surface area contributed by atoms with Crippen molar-refractivity contribution >= 4 is 22.4 Å². The van der Waals surface area contributed by atoms with Crippen LogP contribution in [0.2, 0.25) is 5.15 Å². The number of hydrogen-bond acceptors (Lipinski definition) is 4. The molecular formula is C13H13ClF3N3O. The largest absolute Gasteiger partial charge is 0.468 e. The predicted molar refractivity (Wildman–Crippen MR) is 73.3 cm³/mol. The van der Waals surface area contributed by atoms with Crippen LogP contribution in [0.3, 0.4) is 0 Å². The fraction of sp³-hybridized carbons (Fsp3) is 0.385. The molecule has 4 nitrogen and oxygen atoms in total. The Kier molecular flexibility index (Phi) is 3.99. The summed E-state index contributed by atoms with van der Waals surface area (Å²) in [6, 6.07) is 1.53. The van der Waals surface area contributed by atoms with Crippen molar-refractivity contribution in [2.24, 2.45) is 5.73 Å². The van der Waals surface area contributed by atoms with Crippen molar-refractivity contribution in [1.82, 2.24) is 9.97 Å². The van der Waals surface area contributed by atoms with Crippen molar-refractivity contribution in [1.29, 1.82) is 0 Å². The third-order valence-electron chi connectivity index (χ3n) is 2.77. The number of fused-ring (bicyclic) bond motifs is 1. The van der Waals surface area contributed by atoms with Gasteiger partial charge in [-0.25, -0.2) is 9.97 Å². The van der Waals surface area contributed by atoms with Gasteiger partial charge in [-0.3, -0.25) is 0 Å². The van der Waals surface area contributed by atoms with E-state index in [0.717, 1.165) is 0 Å². The average Bonchev–Trinajstić information content (AvgIpc) is 2.33. The first-order valence-electron chi connectivity index (χ1n) is 6.01. The fourth-order valence-electron chi connectivity index (χ4n) is 1.86. The van der Waals surface area contributed by atoms with Crippen LogP contribution in [-0.4, -0.2) is 22.8 Å². The molecule has 2 aromatic rings. The lowest BCUT2D eigenvalue weighted by Gasteiger charge is -2.22. The van der Waals surface area contributed by atoms with Crippen LogP contribution in [0, 0.1) is 0 Å². The minimum absolute atomic E-state index is 0.153. The average molecular weight is 320 g/mol. The van der Waals surface area contributed by atoms with E-state index in [1.807, 2.05) is 0 Å². The number of aromatic nitrogens is 2. The van der Waals surface area contributed by atoms with Gasteiger partial charge in [0.15, 0.2) is 6.61 Å². The van der Waals surface area contributed by atoms with Crippen LogP contribution in [0.5, 0.6) is 5.88 Å². The summed E-state index contributed by atoms with van der Waals surface area (Å²) in [6.45, 7) is 2.09. The Morgan fingerprint density at radius 3 is 2.43 bits per heavy atom. The van der Waals surface area contributed by atoms with Gasteiger partial charge in [-0.1, -0.05) is 11.6 Å². The van der Waals surface area contributed by atoms with E-state index in [4.69, 9.17) is 22.1 Å². The summed E-state index contributed by atoms with van der Waals surface area (Å²) in [5.74, 6) is -0.153. The van der Waals surface area contributed by atoms with Crippen molar-refractivity contribution in [3.05, 3.63) is 29.2 Å². The molecular weight excluding hydrogens is 307 g/mol. The molecule has 0 unspecified atom stereocenters. The standard InChI is InChI=1S/C13H13ClF3N3O/c1-12(2,18)9-5-20-11(21-6-13(15,16)17)8-4-19-10(14)3-7(8)9/h3-5H,6,18H2,1-2H3. The lowest BCUT2D eigenvalue weighted by Crippen LogP contribution is -2.29. The van der Waals surface area contributed by atoms with E-state index in [9.17, 15) is 13.2 Å². The van der Waals surface area contributed by atoms with Crippen LogP contribution in [0.4, 0.5) is 13.2 Å². The van der Waals surface area contributed by atoms with Gasteiger partial charge in [0.05, 0.1) is 5.39 Å². The Morgan fingerprint density at radius 1 is 1.19 bits per heavy atom. The van der Waals surface area contributed by atoms with Gasteiger partial charge in [-0.2, -0.15) is 13.2 Å². The van der Waals surface area contributed by atoms with Crippen LogP contribution in [0.1, 0.15) is 19.4 Å². The molecule has 2 aromatic heterocycles. The summed E-state index contributed by atoms with van der Waals surface area (Å²) in [5.41, 5.74) is 5.94. The molecule has 21 heavy (non-hydrogen) atoms. The minimum atomic E-state index is -4.44. The maximum atomic E-state index is 12.3. The third kappa shape index (κ3) is 3.74. The van der Waals surface area contributed by atoms with Crippen LogP contribution in [0.25, 0.3) is 10.8 Å². The van der Waals surface area contributed by atoms with E-state index in [1.165, 1.54) is 18.5 Å². The highest BCUT2D eigenvalue weighted by Crippen LogP contribution is 2.32. The highest BCUT2D eigenvalue weighted by Gasteiger charge is 2.29. The Hall–Kier alpha value is -1.60. The third-order valence-corrected chi connectivity index (χ3v) is 2.98. The van der Waals surface area contributed by atoms with Crippen molar-refractivity contribution in [3.63, 3.8) is 0 Å². The van der Waals surface area contributed by atoms with E-state index >= 15 is 0 Å². The normalized spacial score (nSPS) is 12.7. The molecule has 0 fully saturated rings. The monoisotopic (exact) mass is 319 g/mol. The Balaban J connectivity index is 2.55. The molecule has 0 saturated carbocycles. The minimum Gasteiger partial charge on any atom is -0.468 e. The van der Waals surface area contributed by atoms with Gasteiger partial charge in [0.2, 0.25) is 5.88 Å². The number of ether oxygens (including phenoxy) is 1. The summed E-state index contributed by atoms with van der Waals surface area (Å²) in [6.07, 6.45) is -1.73. The zero-order valence-electron chi connectivity index (χ0n) is 11.3. The maximum Gasteiger partial charge on any atom is 0.422 e. The van der Waals surface area contributed by atoms with Crippen molar-refractivity contribution in [2.45, 2.75) is 25.6 Å². The quantitative estimate of drug-likeness (QED) is 0.881.